The first-order chi connectivity index (χ1) is 27.4. The van der Waals surface area contributed by atoms with Crippen LogP contribution in [0.1, 0.15) is 73.5 Å². The normalized spacial score (nSPS) is 21.4. The SMILES string of the molecule is COC[C@]1(O)CCCC[C@H]1n1cnc(C(=O)N2CCN(C(=O)OCc3ccccc3)C[C@H]2CCn2c(=O)n(C3=CCCC3)c3ccccc32)c1-c1ccccc1. The number of carbonyl (C=O) groups is 2. The highest BCUT2D eigenvalue weighted by molar-refractivity contribution is 5.98. The average Bonchev–Trinajstić information content (AvgIpc) is 3.98. The van der Waals surface area contributed by atoms with E-state index in [1.165, 1.54) is 0 Å². The highest BCUT2D eigenvalue weighted by Gasteiger charge is 2.43. The predicted molar refractivity (Wildman–Crippen MR) is 214 cm³/mol. The standard InChI is InChI=1S/C44H50N6O6/c1-55-30-44(54)24-13-12-22-38(44)49-31-45-39(40(49)33-16-6-3-7-17-33)41(51)47-27-26-46(43(53)56-29-32-14-4-2-5-15-32)28-35(47)23-25-48-36-20-10-11-21-37(36)50(42(48)52)34-18-8-9-19-34/h2-7,10-11,14-18,20-21,31,35,38,54H,8-9,12-13,19,22-30H2,1H3/t35-,38-,44-/m1/s1. The maximum atomic E-state index is 15.0. The van der Waals surface area contributed by atoms with E-state index in [0.29, 0.717) is 25.1 Å². The number of rotatable bonds is 11. The van der Waals surface area contributed by atoms with Crippen molar-refractivity contribution in [1.82, 2.24) is 28.5 Å². The van der Waals surface area contributed by atoms with E-state index in [-0.39, 0.29) is 56.2 Å². The number of hydrogen-bond acceptors (Lipinski definition) is 7. The van der Waals surface area contributed by atoms with Crippen LogP contribution in [0.25, 0.3) is 28.0 Å². The lowest BCUT2D eigenvalue weighted by atomic mass is 9.80. The van der Waals surface area contributed by atoms with Crippen molar-refractivity contribution in [3.63, 3.8) is 0 Å². The third-order valence-electron chi connectivity index (χ3n) is 11.8. The number of methoxy groups -OCH3 is 1. The molecule has 0 spiro atoms. The molecule has 2 aromatic heterocycles. The molecule has 8 rings (SSSR count). The summed E-state index contributed by atoms with van der Waals surface area (Å²) >= 11 is 0. The molecule has 1 aliphatic heterocycles. The minimum Gasteiger partial charge on any atom is -0.445 e. The smallest absolute Gasteiger partial charge is 0.410 e. The molecular formula is C44H50N6O6. The molecule has 0 unspecified atom stereocenters. The van der Waals surface area contributed by atoms with E-state index >= 15 is 0 Å². The highest BCUT2D eigenvalue weighted by atomic mass is 16.6. The zero-order chi connectivity index (χ0) is 38.6. The minimum atomic E-state index is -1.12. The molecule has 292 valence electrons. The predicted octanol–water partition coefficient (Wildman–Crippen LogP) is 6.74. The topological polar surface area (TPSA) is 124 Å². The van der Waals surface area contributed by atoms with Gasteiger partial charge in [0.25, 0.3) is 5.91 Å². The van der Waals surface area contributed by atoms with Crippen molar-refractivity contribution in [3.05, 3.63) is 119 Å². The Balaban J connectivity index is 1.13. The van der Waals surface area contributed by atoms with Crippen molar-refractivity contribution < 1.29 is 24.2 Å². The van der Waals surface area contributed by atoms with Gasteiger partial charge in [0.15, 0.2) is 5.69 Å². The highest BCUT2D eigenvalue weighted by Crippen LogP contribution is 2.41. The van der Waals surface area contributed by atoms with Crippen LogP contribution < -0.4 is 5.69 Å². The molecule has 3 atom stereocenters. The van der Waals surface area contributed by atoms with Gasteiger partial charge in [-0.1, -0.05) is 91.7 Å². The van der Waals surface area contributed by atoms with Gasteiger partial charge in [-0.15, -0.1) is 0 Å². The fourth-order valence-corrected chi connectivity index (χ4v) is 8.98. The van der Waals surface area contributed by atoms with E-state index in [9.17, 15) is 19.5 Å². The van der Waals surface area contributed by atoms with Crippen molar-refractivity contribution >= 4 is 28.7 Å². The number of aryl methyl sites for hydroxylation is 1. The Hall–Kier alpha value is -5.46. The van der Waals surface area contributed by atoms with E-state index in [2.05, 4.69) is 6.08 Å². The van der Waals surface area contributed by atoms with Gasteiger partial charge in [0.1, 0.15) is 12.2 Å². The summed E-state index contributed by atoms with van der Waals surface area (Å²) in [6.45, 7) is 1.42. The summed E-state index contributed by atoms with van der Waals surface area (Å²) in [4.78, 5) is 50.9. The molecule has 12 heteroatoms. The number of aliphatic hydroxyl groups is 1. The number of aromatic nitrogens is 4. The van der Waals surface area contributed by atoms with Crippen LogP contribution in [0.2, 0.25) is 0 Å². The number of imidazole rings is 2. The molecular weight excluding hydrogens is 709 g/mol. The van der Waals surface area contributed by atoms with Crippen LogP contribution in [-0.4, -0.2) is 90.6 Å². The molecule has 2 amide bonds. The number of hydrogen-bond donors (Lipinski definition) is 1. The van der Waals surface area contributed by atoms with Crippen molar-refractivity contribution in [2.24, 2.45) is 0 Å². The molecule has 1 saturated heterocycles. The van der Waals surface area contributed by atoms with E-state index in [1.54, 1.807) is 22.9 Å². The molecule has 12 nitrogen and oxygen atoms in total. The fraction of sp³-hybridized carbons (Fsp3) is 0.409. The van der Waals surface area contributed by atoms with Gasteiger partial charge in [-0.3, -0.25) is 13.9 Å². The Morgan fingerprint density at radius 3 is 2.43 bits per heavy atom. The third kappa shape index (κ3) is 7.31. The van der Waals surface area contributed by atoms with Crippen LogP contribution in [-0.2, 0) is 22.6 Å². The molecule has 56 heavy (non-hydrogen) atoms. The van der Waals surface area contributed by atoms with E-state index in [1.807, 2.05) is 99.0 Å². The molecule has 1 saturated carbocycles. The number of piperazine rings is 1. The maximum absolute atomic E-state index is 15.0. The monoisotopic (exact) mass is 758 g/mol. The number of ether oxygens (including phenoxy) is 2. The number of amides is 2. The second-order valence-corrected chi connectivity index (χ2v) is 15.3. The summed E-state index contributed by atoms with van der Waals surface area (Å²) < 4.78 is 16.9. The first-order valence-corrected chi connectivity index (χ1v) is 19.9. The van der Waals surface area contributed by atoms with Crippen molar-refractivity contribution in [2.45, 2.75) is 82.2 Å². The molecule has 3 heterocycles. The Labute approximate surface area is 326 Å². The van der Waals surface area contributed by atoms with Crippen LogP contribution in [0.3, 0.4) is 0 Å². The molecule has 5 aromatic rings. The largest absolute Gasteiger partial charge is 0.445 e. The summed E-state index contributed by atoms with van der Waals surface area (Å²) in [5.74, 6) is -0.262. The number of benzene rings is 3. The first kappa shape index (κ1) is 37.5. The zero-order valence-corrected chi connectivity index (χ0v) is 32.0. The van der Waals surface area contributed by atoms with Gasteiger partial charge in [-0.05, 0) is 56.2 Å². The summed E-state index contributed by atoms with van der Waals surface area (Å²) in [5, 5.41) is 11.9. The molecule has 3 aliphatic rings. The summed E-state index contributed by atoms with van der Waals surface area (Å²) in [5.41, 5.74) is 4.13. The van der Waals surface area contributed by atoms with E-state index < -0.39 is 17.7 Å². The van der Waals surface area contributed by atoms with Crippen LogP contribution in [0.15, 0.2) is 102 Å². The number of para-hydroxylation sites is 2. The zero-order valence-electron chi connectivity index (χ0n) is 32.0. The molecule has 1 N–H and O–H groups in total. The Morgan fingerprint density at radius 2 is 1.68 bits per heavy atom. The quantitative estimate of drug-likeness (QED) is 0.158. The molecule has 0 radical (unpaired) electrons. The lowest BCUT2D eigenvalue weighted by Gasteiger charge is -2.41. The second kappa shape index (κ2) is 16.3. The van der Waals surface area contributed by atoms with Gasteiger partial charge < -0.3 is 28.9 Å². The molecule has 2 aliphatic carbocycles. The fourth-order valence-electron chi connectivity index (χ4n) is 8.98. The average molecular weight is 759 g/mol. The van der Waals surface area contributed by atoms with Gasteiger partial charge >= 0.3 is 11.8 Å². The summed E-state index contributed by atoms with van der Waals surface area (Å²) in [6.07, 6.45) is 9.73. The Morgan fingerprint density at radius 1 is 0.929 bits per heavy atom. The molecule has 0 bridgehead atoms. The Bertz CT molecular complexity index is 2260. The lowest BCUT2D eigenvalue weighted by molar-refractivity contribution is -0.0893. The number of allylic oxidation sites excluding steroid dienone is 2. The van der Waals surface area contributed by atoms with E-state index in [4.69, 9.17) is 14.5 Å². The van der Waals surface area contributed by atoms with Gasteiger partial charge in [-0.25, -0.2) is 14.6 Å². The number of fused-ring (bicyclic) bond motifs is 1. The van der Waals surface area contributed by atoms with Crippen LogP contribution in [0.4, 0.5) is 4.79 Å². The second-order valence-electron chi connectivity index (χ2n) is 15.3. The van der Waals surface area contributed by atoms with Crippen LogP contribution in [0, 0.1) is 0 Å². The first-order valence-electron chi connectivity index (χ1n) is 19.9. The summed E-state index contributed by atoms with van der Waals surface area (Å²) in [6, 6.07) is 26.3. The van der Waals surface area contributed by atoms with E-state index in [0.717, 1.165) is 66.4 Å². The number of carbonyl (C=O) groups excluding carboxylic acids is 2. The lowest BCUT2D eigenvalue weighted by Crippen LogP contribution is -2.57. The van der Waals surface area contributed by atoms with Crippen molar-refractivity contribution in [2.75, 3.05) is 33.4 Å². The molecule has 2 fully saturated rings. The van der Waals surface area contributed by atoms with Crippen LogP contribution in [0.5, 0.6) is 0 Å². The van der Waals surface area contributed by atoms with Gasteiger partial charge in [0.2, 0.25) is 0 Å². The summed E-state index contributed by atoms with van der Waals surface area (Å²) in [7, 11) is 1.60. The van der Waals surface area contributed by atoms with Crippen LogP contribution >= 0.6 is 0 Å². The van der Waals surface area contributed by atoms with Crippen molar-refractivity contribution in [1.29, 1.82) is 0 Å². The molecule has 3 aromatic carbocycles. The van der Waals surface area contributed by atoms with Gasteiger partial charge in [0.05, 0.1) is 41.7 Å². The van der Waals surface area contributed by atoms with Gasteiger partial charge in [0, 0.05) is 44.5 Å². The Kier molecular flexibility index (Phi) is 10.9. The minimum absolute atomic E-state index is 0.103. The van der Waals surface area contributed by atoms with Crippen molar-refractivity contribution in [3.8, 4) is 11.3 Å². The maximum Gasteiger partial charge on any atom is 0.410 e. The third-order valence-corrected chi connectivity index (χ3v) is 11.8. The number of nitrogens with zero attached hydrogens (tertiary/aromatic N) is 6. The van der Waals surface area contributed by atoms with Gasteiger partial charge in [-0.2, -0.15) is 0 Å².